The molecule has 34 heavy (non-hydrogen) atoms. The fraction of sp³-hybridized carbons (Fsp3) is 0.478. The molecular formula is C23H26ClF3O7. The molecule has 0 aliphatic carbocycles. The van der Waals surface area contributed by atoms with Gasteiger partial charge in [-0.25, -0.2) is 0 Å². The molecule has 0 radical (unpaired) electrons. The van der Waals surface area contributed by atoms with E-state index in [0.29, 0.717) is 12.0 Å². The van der Waals surface area contributed by atoms with Crippen LogP contribution in [0.3, 0.4) is 0 Å². The Balaban J connectivity index is 1.91. The molecule has 1 saturated heterocycles. The van der Waals surface area contributed by atoms with Gasteiger partial charge in [-0.05, 0) is 41.7 Å². The third-order valence-corrected chi connectivity index (χ3v) is 5.86. The summed E-state index contributed by atoms with van der Waals surface area (Å²) < 4.78 is 51.2. The van der Waals surface area contributed by atoms with Gasteiger partial charge in [0.05, 0.1) is 6.61 Å². The molecule has 0 saturated carbocycles. The summed E-state index contributed by atoms with van der Waals surface area (Å²) in [5.41, 5.74) is 2.80. The van der Waals surface area contributed by atoms with Crippen LogP contribution in [0, 0.1) is 0 Å². The maximum atomic E-state index is 12.3. The molecule has 1 aliphatic heterocycles. The van der Waals surface area contributed by atoms with Gasteiger partial charge < -0.3 is 29.9 Å². The zero-order chi connectivity index (χ0) is 25.0. The van der Waals surface area contributed by atoms with Crippen LogP contribution in [0.2, 0.25) is 5.02 Å². The number of hydrogen-bond acceptors (Lipinski definition) is 7. The summed E-state index contributed by atoms with van der Waals surface area (Å²) in [6.45, 7) is 0.729. The topological polar surface area (TPSA) is 109 Å². The van der Waals surface area contributed by atoms with Gasteiger partial charge in [0, 0.05) is 10.6 Å². The lowest BCUT2D eigenvalue weighted by Crippen LogP contribution is -2.54. The number of ether oxygens (including phenoxy) is 3. The minimum Gasteiger partial charge on any atom is -0.491 e. The monoisotopic (exact) mass is 506 g/mol. The number of alkyl halides is 3. The van der Waals surface area contributed by atoms with Gasteiger partial charge in [-0.2, -0.15) is 0 Å². The van der Waals surface area contributed by atoms with E-state index in [1.807, 2.05) is 31.2 Å². The van der Waals surface area contributed by atoms with Gasteiger partial charge in [-0.3, -0.25) is 4.74 Å². The van der Waals surface area contributed by atoms with Crippen LogP contribution < -0.4 is 4.74 Å². The van der Waals surface area contributed by atoms with Gasteiger partial charge in [-0.1, -0.05) is 42.8 Å². The molecule has 2 aromatic rings. The third kappa shape index (κ3) is 6.60. The Morgan fingerprint density at radius 2 is 1.59 bits per heavy atom. The summed E-state index contributed by atoms with van der Waals surface area (Å²) in [5, 5.41) is 40.6. The first-order chi connectivity index (χ1) is 16.0. The maximum absolute atomic E-state index is 12.3. The predicted octanol–water partition coefficient (Wildman–Crippen LogP) is 2.88. The highest BCUT2D eigenvalue weighted by Crippen LogP contribution is 2.39. The van der Waals surface area contributed by atoms with Crippen molar-refractivity contribution >= 4 is 11.6 Å². The van der Waals surface area contributed by atoms with Crippen LogP contribution in [0.4, 0.5) is 13.2 Å². The molecule has 1 heterocycles. The zero-order valence-corrected chi connectivity index (χ0v) is 19.0. The van der Waals surface area contributed by atoms with E-state index in [2.05, 4.69) is 4.74 Å². The van der Waals surface area contributed by atoms with Gasteiger partial charge in [0.15, 0.2) is 6.29 Å². The highest BCUT2D eigenvalue weighted by atomic mass is 35.5. The summed E-state index contributed by atoms with van der Waals surface area (Å²) in [6, 6.07) is 10.7. The Morgan fingerprint density at radius 3 is 2.21 bits per heavy atom. The van der Waals surface area contributed by atoms with Crippen LogP contribution >= 0.6 is 11.6 Å². The Morgan fingerprint density at radius 1 is 0.941 bits per heavy atom. The van der Waals surface area contributed by atoms with Crippen LogP contribution in [0.15, 0.2) is 36.4 Å². The molecule has 7 nitrogen and oxygen atoms in total. The van der Waals surface area contributed by atoms with Crippen molar-refractivity contribution in [2.24, 2.45) is 0 Å². The summed E-state index contributed by atoms with van der Waals surface area (Å²) in [5.74, 6) is -0.0271. The highest BCUT2D eigenvalue weighted by Gasteiger charge is 2.44. The van der Waals surface area contributed by atoms with Crippen LogP contribution in [0.5, 0.6) is 5.75 Å². The minimum atomic E-state index is -4.83. The van der Waals surface area contributed by atoms with E-state index < -0.39 is 50.3 Å². The largest absolute Gasteiger partial charge is 0.522 e. The average Bonchev–Trinajstić information content (AvgIpc) is 2.79. The van der Waals surface area contributed by atoms with Crippen molar-refractivity contribution in [1.29, 1.82) is 0 Å². The van der Waals surface area contributed by atoms with E-state index >= 15 is 0 Å². The van der Waals surface area contributed by atoms with E-state index in [1.165, 1.54) is 12.1 Å². The molecule has 0 aromatic heterocycles. The molecule has 1 aliphatic rings. The van der Waals surface area contributed by atoms with Crippen molar-refractivity contribution in [2.45, 2.75) is 56.8 Å². The van der Waals surface area contributed by atoms with Crippen LogP contribution in [0.1, 0.15) is 35.3 Å². The summed E-state index contributed by atoms with van der Waals surface area (Å²) in [7, 11) is 0. The first kappa shape index (κ1) is 26.7. The lowest BCUT2D eigenvalue weighted by Gasteiger charge is -2.39. The minimum absolute atomic E-state index is 0.0271. The molecule has 11 heteroatoms. The number of aliphatic hydroxyl groups is 4. The van der Waals surface area contributed by atoms with E-state index in [1.54, 1.807) is 0 Å². The molecule has 0 amide bonds. The Kier molecular flexibility index (Phi) is 8.80. The zero-order valence-electron chi connectivity index (χ0n) is 18.2. The van der Waals surface area contributed by atoms with Crippen molar-refractivity contribution in [3.8, 4) is 5.75 Å². The van der Waals surface area contributed by atoms with Crippen molar-refractivity contribution in [2.75, 3.05) is 13.2 Å². The molecule has 2 aromatic carbocycles. The molecule has 4 N–H and O–H groups in total. The molecule has 188 valence electrons. The summed E-state index contributed by atoms with van der Waals surface area (Å²) in [6.07, 6.45) is -11.9. The number of halogens is 4. The molecule has 5 atom stereocenters. The number of aliphatic hydroxyl groups excluding tert-OH is 4. The second kappa shape index (κ2) is 11.2. The number of hydrogen-bond donors (Lipinski definition) is 4. The number of rotatable bonds is 8. The van der Waals surface area contributed by atoms with Gasteiger partial charge >= 0.3 is 6.36 Å². The molecule has 0 spiro atoms. The van der Waals surface area contributed by atoms with Crippen molar-refractivity contribution in [3.63, 3.8) is 0 Å². The van der Waals surface area contributed by atoms with Gasteiger partial charge in [-0.15, -0.1) is 13.2 Å². The second-order valence-corrected chi connectivity index (χ2v) is 8.30. The Bertz CT molecular complexity index is 955. The first-order valence-electron chi connectivity index (χ1n) is 10.6. The summed E-state index contributed by atoms with van der Waals surface area (Å²) in [4.78, 5) is 0. The normalized spacial score (nSPS) is 25.4. The smallest absolute Gasteiger partial charge is 0.491 e. The SMILES string of the molecule is CCc1ccc(Cc2cc([C@@H]3O[C@@H](O)[C@@H](O)[C@H](O)[C@H]3O)c(OCCOC(F)(F)F)cc2Cl)cc1. The lowest BCUT2D eigenvalue weighted by molar-refractivity contribution is -0.325. The molecule has 0 unspecified atom stereocenters. The summed E-state index contributed by atoms with van der Waals surface area (Å²) >= 11 is 6.42. The van der Waals surface area contributed by atoms with E-state index in [9.17, 15) is 33.6 Å². The van der Waals surface area contributed by atoms with Gasteiger partial charge in [0.2, 0.25) is 0 Å². The standard InChI is InChI=1S/C23H26ClF3O7/c1-2-12-3-5-13(6-4-12)9-14-10-15(21-19(29)18(28)20(30)22(31)34-21)17(11-16(14)24)32-7-8-33-23(25,26)27/h3-6,10-11,18-22,28-31H,2,7-9H2,1H3/t18-,19-,20+,21+,22-/m1/s1. The van der Waals surface area contributed by atoms with Crippen molar-refractivity contribution < 1.29 is 47.8 Å². The lowest BCUT2D eigenvalue weighted by atomic mass is 9.91. The van der Waals surface area contributed by atoms with Crippen molar-refractivity contribution in [3.05, 3.63) is 63.7 Å². The van der Waals surface area contributed by atoms with E-state index in [4.69, 9.17) is 21.1 Å². The third-order valence-electron chi connectivity index (χ3n) is 5.51. The molecular weight excluding hydrogens is 481 g/mol. The second-order valence-electron chi connectivity index (χ2n) is 7.89. The molecule has 3 rings (SSSR count). The number of benzene rings is 2. The average molecular weight is 507 g/mol. The molecule has 1 fully saturated rings. The van der Waals surface area contributed by atoms with Gasteiger partial charge in [0.25, 0.3) is 0 Å². The number of aryl methyl sites for hydroxylation is 1. The Labute approximate surface area is 199 Å². The fourth-order valence-electron chi connectivity index (χ4n) is 3.64. The van der Waals surface area contributed by atoms with Crippen molar-refractivity contribution in [1.82, 2.24) is 0 Å². The maximum Gasteiger partial charge on any atom is 0.522 e. The highest BCUT2D eigenvalue weighted by molar-refractivity contribution is 6.31. The van der Waals surface area contributed by atoms with E-state index in [-0.39, 0.29) is 16.3 Å². The quantitative estimate of drug-likeness (QED) is 0.408. The van der Waals surface area contributed by atoms with E-state index in [0.717, 1.165) is 17.5 Å². The van der Waals surface area contributed by atoms with Crippen LogP contribution in [0.25, 0.3) is 0 Å². The van der Waals surface area contributed by atoms with Gasteiger partial charge in [0.1, 0.15) is 36.8 Å². The van der Waals surface area contributed by atoms with Crippen LogP contribution in [-0.4, -0.2) is 64.6 Å². The molecule has 0 bridgehead atoms. The predicted molar refractivity (Wildman–Crippen MR) is 115 cm³/mol. The Hall–Kier alpha value is -1.92. The fourth-order valence-corrected chi connectivity index (χ4v) is 3.86. The first-order valence-corrected chi connectivity index (χ1v) is 11.0. The van der Waals surface area contributed by atoms with Crippen LogP contribution in [-0.2, 0) is 22.3 Å².